The van der Waals surface area contributed by atoms with Crippen molar-refractivity contribution in [2.75, 3.05) is 77.5 Å². The van der Waals surface area contributed by atoms with E-state index in [1.165, 1.54) is 69.5 Å². The van der Waals surface area contributed by atoms with Crippen molar-refractivity contribution < 1.29 is 76.1 Å². The lowest BCUT2D eigenvalue weighted by Gasteiger charge is -2.19. The molecule has 7 N–H and O–H groups in total. The Hall–Kier alpha value is -2.75. The van der Waals surface area contributed by atoms with Gasteiger partial charge in [0.05, 0.1) is 45.6 Å². The summed E-state index contributed by atoms with van der Waals surface area (Å²) in [4.78, 5) is 57.2. The number of aliphatic hydroxyl groups excluding tert-OH is 1. The Morgan fingerprint density at radius 1 is 0.724 bits per heavy atom. The Labute approximate surface area is 345 Å². The number of aliphatic carboxylic acids is 2. The molecule has 0 spiro atoms. The summed E-state index contributed by atoms with van der Waals surface area (Å²) < 4.78 is 58.8. The monoisotopic (exact) mass is 865 g/mol. The molecule has 0 radical (unpaired) electrons. The first-order valence-corrected chi connectivity index (χ1v) is 21.4. The normalized spacial score (nSPS) is 12.8. The molecule has 0 aromatic carbocycles. The minimum Gasteiger partial charge on any atom is -0.480 e. The second-order valence-electron chi connectivity index (χ2n) is 13.3. The Morgan fingerprint density at radius 3 is 1.74 bits per heavy atom. The van der Waals surface area contributed by atoms with E-state index in [0.717, 1.165) is 19.3 Å². The minimum absolute atomic E-state index is 0.0199. The van der Waals surface area contributed by atoms with Crippen molar-refractivity contribution in [3.63, 3.8) is 0 Å². The largest absolute Gasteiger partial charge is 0.490 e. The number of hydrogen-bond acceptors (Lipinski definition) is 14. The van der Waals surface area contributed by atoms with Crippen molar-refractivity contribution in [1.82, 2.24) is 10.6 Å². The van der Waals surface area contributed by atoms with Crippen molar-refractivity contribution in [2.24, 2.45) is 5.73 Å². The number of aliphatic hydroxyl groups is 1. The van der Waals surface area contributed by atoms with Crippen LogP contribution in [0.3, 0.4) is 0 Å². The molecule has 0 bridgehead atoms. The van der Waals surface area contributed by atoms with E-state index in [9.17, 15) is 32.3 Å². The number of amides is 1. The SMILES string of the molecule is CCCCCCCCCCCCCCCC(=O)O[C@H](COC(=O)CNCCCOCCOCCOCC)CSC[C@H](N)C(=O)N[C@@H](CO)C(=O)O.O=C(O)C(F)(F)F. The summed E-state index contributed by atoms with van der Waals surface area (Å²) >= 11 is 1.21. The molecule has 0 saturated carbocycles. The van der Waals surface area contributed by atoms with Crippen molar-refractivity contribution in [2.45, 2.75) is 135 Å². The zero-order valence-corrected chi connectivity index (χ0v) is 35.2. The fourth-order valence-corrected chi connectivity index (χ4v) is 5.79. The minimum atomic E-state index is -5.08. The van der Waals surface area contributed by atoms with Gasteiger partial charge in [-0.15, -0.1) is 0 Å². The van der Waals surface area contributed by atoms with Gasteiger partial charge in [0.2, 0.25) is 5.91 Å². The lowest BCUT2D eigenvalue weighted by Crippen LogP contribution is -2.50. The predicted molar refractivity (Wildman–Crippen MR) is 212 cm³/mol. The maximum atomic E-state index is 12.6. The standard InChI is InChI=1S/C36H69N3O11S.C2HF3O2/c1-3-5-6-7-8-9-10-11-12-13-14-15-16-18-33(41)50-30(28-51-29-31(37)35(43)39-32(26-40)36(44)45)27-49-34(42)25-38-19-17-20-47-23-24-48-22-21-46-4-2;3-2(4,5)1(6)7/h30-32,38,40H,3-29,37H2,1-2H3,(H,39,43)(H,44,45);(H,6,7)/t30-,31+,32+;/m1./s1. The van der Waals surface area contributed by atoms with Gasteiger partial charge in [-0.2, -0.15) is 24.9 Å². The van der Waals surface area contributed by atoms with Crippen molar-refractivity contribution >= 4 is 41.5 Å². The molecule has 20 heteroatoms. The van der Waals surface area contributed by atoms with Gasteiger partial charge in [0.25, 0.3) is 0 Å². The molecule has 0 aliphatic heterocycles. The van der Waals surface area contributed by atoms with Crippen LogP contribution < -0.4 is 16.4 Å². The molecule has 58 heavy (non-hydrogen) atoms. The van der Waals surface area contributed by atoms with Crippen molar-refractivity contribution in [1.29, 1.82) is 0 Å². The number of carbonyl (C=O) groups excluding carboxylic acids is 3. The van der Waals surface area contributed by atoms with E-state index in [1.807, 2.05) is 6.92 Å². The maximum absolute atomic E-state index is 12.6. The number of alkyl halides is 3. The molecule has 0 unspecified atom stereocenters. The van der Waals surface area contributed by atoms with Gasteiger partial charge in [-0.3, -0.25) is 14.4 Å². The zero-order chi connectivity index (χ0) is 43.9. The third-order valence-corrected chi connectivity index (χ3v) is 9.25. The van der Waals surface area contributed by atoms with Crippen LogP contribution in [-0.2, 0) is 47.7 Å². The quantitative estimate of drug-likeness (QED) is 0.0376. The number of carbonyl (C=O) groups is 5. The van der Waals surface area contributed by atoms with Crippen LogP contribution in [0.1, 0.15) is 110 Å². The van der Waals surface area contributed by atoms with E-state index >= 15 is 0 Å². The molecule has 3 atom stereocenters. The molecular weight excluding hydrogens is 795 g/mol. The number of hydrogen-bond donors (Lipinski definition) is 6. The van der Waals surface area contributed by atoms with Gasteiger partial charge < -0.3 is 55.4 Å². The molecule has 0 aliphatic carbocycles. The fourth-order valence-electron chi connectivity index (χ4n) is 4.83. The van der Waals surface area contributed by atoms with Crippen LogP contribution in [0, 0.1) is 0 Å². The molecule has 0 heterocycles. The van der Waals surface area contributed by atoms with Gasteiger partial charge in [0, 0.05) is 31.1 Å². The van der Waals surface area contributed by atoms with E-state index in [-0.39, 0.29) is 37.0 Å². The van der Waals surface area contributed by atoms with Crippen LogP contribution in [0.25, 0.3) is 0 Å². The van der Waals surface area contributed by atoms with Crippen molar-refractivity contribution in [3.05, 3.63) is 0 Å². The average molecular weight is 866 g/mol. The second kappa shape index (κ2) is 39.7. The summed E-state index contributed by atoms with van der Waals surface area (Å²) in [6.07, 6.45) is 10.7. The number of carboxylic acid groups (broad SMARTS) is 2. The number of nitrogens with two attached hydrogens (primary N) is 1. The highest BCUT2D eigenvalue weighted by atomic mass is 32.2. The summed E-state index contributed by atoms with van der Waals surface area (Å²) in [6, 6.07) is -2.52. The highest BCUT2D eigenvalue weighted by Gasteiger charge is 2.38. The number of nitrogens with one attached hydrogen (secondary N) is 2. The van der Waals surface area contributed by atoms with Crippen LogP contribution in [-0.4, -0.2) is 147 Å². The smallest absolute Gasteiger partial charge is 0.480 e. The summed E-state index contributed by atoms with van der Waals surface area (Å²) in [6.45, 7) is 7.02. The molecule has 342 valence electrons. The molecule has 0 aromatic heterocycles. The summed E-state index contributed by atoms with van der Waals surface area (Å²) in [5, 5.41) is 30.5. The van der Waals surface area contributed by atoms with Crippen LogP contribution in [0.4, 0.5) is 13.2 Å². The first kappa shape index (κ1) is 57.3. The fraction of sp³-hybridized carbons (Fsp3) is 0.868. The van der Waals surface area contributed by atoms with E-state index in [4.69, 9.17) is 49.5 Å². The van der Waals surface area contributed by atoms with Crippen LogP contribution in [0.15, 0.2) is 0 Å². The van der Waals surface area contributed by atoms with Crippen molar-refractivity contribution in [3.8, 4) is 0 Å². The highest BCUT2D eigenvalue weighted by molar-refractivity contribution is 7.99. The maximum Gasteiger partial charge on any atom is 0.490 e. The molecule has 1 amide bonds. The zero-order valence-electron chi connectivity index (χ0n) is 34.4. The average Bonchev–Trinajstić information content (AvgIpc) is 3.17. The second-order valence-corrected chi connectivity index (χ2v) is 14.3. The number of carboxylic acids is 2. The van der Waals surface area contributed by atoms with Gasteiger partial charge in [-0.1, -0.05) is 84.0 Å². The Bertz CT molecular complexity index is 1060. The summed E-state index contributed by atoms with van der Waals surface area (Å²) in [5.41, 5.74) is 5.90. The Kier molecular flexibility index (Phi) is 39.2. The van der Waals surface area contributed by atoms with E-state index < -0.39 is 54.8 Å². The van der Waals surface area contributed by atoms with E-state index in [1.54, 1.807) is 0 Å². The van der Waals surface area contributed by atoms with Gasteiger partial charge in [0.1, 0.15) is 18.8 Å². The molecular formula is C38H70F3N3O13S. The van der Waals surface area contributed by atoms with Gasteiger partial charge in [-0.05, 0) is 26.3 Å². The molecule has 0 aliphatic rings. The Balaban J connectivity index is 0. The lowest BCUT2D eigenvalue weighted by atomic mass is 10.0. The lowest BCUT2D eigenvalue weighted by molar-refractivity contribution is -0.192. The third kappa shape index (κ3) is 38.8. The first-order chi connectivity index (χ1) is 27.7. The number of halogens is 3. The van der Waals surface area contributed by atoms with Gasteiger partial charge >= 0.3 is 30.1 Å². The predicted octanol–water partition coefficient (Wildman–Crippen LogP) is 4.23. The topological polar surface area (TPSA) is 242 Å². The molecule has 0 fully saturated rings. The molecule has 0 saturated heterocycles. The van der Waals surface area contributed by atoms with Crippen LogP contribution >= 0.6 is 11.8 Å². The number of ether oxygens (including phenoxy) is 5. The van der Waals surface area contributed by atoms with Crippen LogP contribution in [0.5, 0.6) is 0 Å². The molecule has 16 nitrogen and oxygen atoms in total. The third-order valence-electron chi connectivity index (χ3n) is 8.05. The highest BCUT2D eigenvalue weighted by Crippen LogP contribution is 2.15. The van der Waals surface area contributed by atoms with Crippen LogP contribution in [0.2, 0.25) is 0 Å². The number of unbranched alkanes of at least 4 members (excludes halogenated alkanes) is 12. The van der Waals surface area contributed by atoms with E-state index in [0.29, 0.717) is 59.0 Å². The van der Waals surface area contributed by atoms with Gasteiger partial charge in [-0.25, -0.2) is 9.59 Å². The number of rotatable bonds is 38. The first-order valence-electron chi connectivity index (χ1n) is 20.3. The number of esters is 2. The molecule has 0 aromatic rings. The molecule has 0 rings (SSSR count). The summed E-state index contributed by atoms with van der Waals surface area (Å²) in [5.74, 6) is -5.44. The summed E-state index contributed by atoms with van der Waals surface area (Å²) in [7, 11) is 0. The Morgan fingerprint density at radius 2 is 1.24 bits per heavy atom. The number of thioether (sulfide) groups is 1. The van der Waals surface area contributed by atoms with Gasteiger partial charge in [0.15, 0.2) is 0 Å². The van der Waals surface area contributed by atoms with E-state index in [2.05, 4.69) is 17.6 Å².